The summed E-state index contributed by atoms with van der Waals surface area (Å²) in [7, 11) is -3.74. The minimum atomic E-state index is -3.74. The molecule has 0 spiro atoms. The molecule has 1 fully saturated rings. The largest absolute Gasteiger partial charge is 0.260 e. The second-order valence-corrected chi connectivity index (χ2v) is 7.20. The molecular weight excluding hydrogens is 303 g/mol. The van der Waals surface area contributed by atoms with Crippen molar-refractivity contribution in [3.05, 3.63) is 24.3 Å². The molecule has 1 aromatic rings. The Morgan fingerprint density at radius 1 is 1.30 bits per heavy atom. The fourth-order valence-electron chi connectivity index (χ4n) is 2.62. The summed E-state index contributed by atoms with van der Waals surface area (Å²) in [5, 5.41) is 0. The molecule has 7 heteroatoms. The number of sulfonamides is 1. The van der Waals surface area contributed by atoms with E-state index < -0.39 is 15.8 Å². The van der Waals surface area contributed by atoms with Crippen LogP contribution in [-0.2, 0) is 10.0 Å². The smallest absolute Gasteiger partial charge is 0.245 e. The second-order valence-electron chi connectivity index (χ2n) is 4.94. The van der Waals surface area contributed by atoms with Crippen LogP contribution in [-0.4, -0.2) is 36.2 Å². The standard InChI is InChI=1S/C13H18ClFN2O2S/c14-6-7-17(12-4-2-1-3-5-12)20(18,19)13-8-11(15)9-16-10-13/h8-10,12H,1-7H2. The van der Waals surface area contributed by atoms with Crippen LogP contribution in [0.1, 0.15) is 32.1 Å². The van der Waals surface area contributed by atoms with E-state index in [-0.39, 0.29) is 23.4 Å². The van der Waals surface area contributed by atoms with Crippen LogP contribution in [0.2, 0.25) is 0 Å². The summed E-state index contributed by atoms with van der Waals surface area (Å²) in [5.41, 5.74) is 0. The minimum Gasteiger partial charge on any atom is -0.260 e. The molecule has 1 heterocycles. The molecule has 0 aliphatic heterocycles. The van der Waals surface area contributed by atoms with Gasteiger partial charge >= 0.3 is 0 Å². The minimum absolute atomic E-state index is 0.0456. The van der Waals surface area contributed by atoms with Gasteiger partial charge in [-0.25, -0.2) is 12.8 Å². The number of rotatable bonds is 5. The van der Waals surface area contributed by atoms with E-state index in [0.29, 0.717) is 0 Å². The first kappa shape index (κ1) is 15.7. The number of halogens is 2. The highest BCUT2D eigenvalue weighted by atomic mass is 35.5. The van der Waals surface area contributed by atoms with E-state index in [1.165, 1.54) is 10.5 Å². The van der Waals surface area contributed by atoms with Crippen molar-refractivity contribution in [1.82, 2.24) is 9.29 Å². The molecule has 0 atom stereocenters. The van der Waals surface area contributed by atoms with Gasteiger partial charge in [-0.1, -0.05) is 19.3 Å². The van der Waals surface area contributed by atoms with Gasteiger partial charge in [0.15, 0.2) is 0 Å². The summed E-state index contributed by atoms with van der Waals surface area (Å²) in [5.74, 6) is -0.432. The van der Waals surface area contributed by atoms with Crippen molar-refractivity contribution in [1.29, 1.82) is 0 Å². The number of hydrogen-bond donors (Lipinski definition) is 0. The highest BCUT2D eigenvalue weighted by molar-refractivity contribution is 7.89. The lowest BCUT2D eigenvalue weighted by molar-refractivity contribution is 0.262. The first-order valence-corrected chi connectivity index (χ1v) is 8.71. The molecule has 1 aromatic heterocycles. The Bertz CT molecular complexity index is 547. The van der Waals surface area contributed by atoms with Crippen LogP contribution < -0.4 is 0 Å². The van der Waals surface area contributed by atoms with Crippen molar-refractivity contribution in [2.75, 3.05) is 12.4 Å². The van der Waals surface area contributed by atoms with Crippen LogP contribution in [0.4, 0.5) is 4.39 Å². The van der Waals surface area contributed by atoms with E-state index in [9.17, 15) is 12.8 Å². The fourth-order valence-corrected chi connectivity index (χ4v) is 4.56. The lowest BCUT2D eigenvalue weighted by Crippen LogP contribution is -2.42. The SMILES string of the molecule is O=S(=O)(c1cncc(F)c1)N(CCCl)C1CCCCC1. The van der Waals surface area contributed by atoms with Crippen LogP contribution in [0.5, 0.6) is 0 Å². The lowest BCUT2D eigenvalue weighted by Gasteiger charge is -2.32. The van der Waals surface area contributed by atoms with Crippen molar-refractivity contribution < 1.29 is 12.8 Å². The Balaban J connectivity index is 2.31. The van der Waals surface area contributed by atoms with Gasteiger partial charge in [0.25, 0.3) is 0 Å². The van der Waals surface area contributed by atoms with Crippen LogP contribution >= 0.6 is 11.6 Å². The third kappa shape index (κ3) is 3.48. The number of pyridine rings is 1. The fraction of sp³-hybridized carbons (Fsp3) is 0.615. The van der Waals surface area contributed by atoms with Crippen molar-refractivity contribution in [3.8, 4) is 0 Å². The molecule has 1 aliphatic carbocycles. The number of nitrogens with zero attached hydrogens (tertiary/aromatic N) is 2. The first-order valence-electron chi connectivity index (χ1n) is 6.74. The average Bonchev–Trinajstić information content (AvgIpc) is 2.45. The maximum atomic E-state index is 13.2. The van der Waals surface area contributed by atoms with E-state index >= 15 is 0 Å². The summed E-state index contributed by atoms with van der Waals surface area (Å²) in [6.07, 6.45) is 7.00. The Morgan fingerprint density at radius 3 is 2.60 bits per heavy atom. The highest BCUT2D eigenvalue weighted by Gasteiger charge is 2.32. The van der Waals surface area contributed by atoms with Gasteiger partial charge in [-0.15, -0.1) is 11.6 Å². The monoisotopic (exact) mass is 320 g/mol. The molecule has 1 saturated carbocycles. The highest BCUT2D eigenvalue weighted by Crippen LogP contribution is 2.27. The van der Waals surface area contributed by atoms with E-state index in [4.69, 9.17) is 11.6 Å². The summed E-state index contributed by atoms with van der Waals surface area (Å²) in [6, 6.07) is 0.961. The Hall–Kier alpha value is -0.720. The lowest BCUT2D eigenvalue weighted by atomic mass is 9.95. The maximum Gasteiger partial charge on any atom is 0.245 e. The van der Waals surface area contributed by atoms with Crippen LogP contribution in [0.3, 0.4) is 0 Å². The quantitative estimate of drug-likeness (QED) is 0.784. The Kier molecular flexibility index (Phi) is 5.35. The molecule has 0 aromatic carbocycles. The second kappa shape index (κ2) is 6.83. The molecule has 0 radical (unpaired) electrons. The molecule has 0 amide bonds. The number of hydrogen-bond acceptors (Lipinski definition) is 3. The molecule has 112 valence electrons. The van der Waals surface area contributed by atoms with Crippen LogP contribution in [0, 0.1) is 5.82 Å². The normalized spacial score (nSPS) is 17.6. The predicted molar refractivity (Wildman–Crippen MR) is 75.7 cm³/mol. The van der Waals surface area contributed by atoms with Gasteiger partial charge in [-0.2, -0.15) is 4.31 Å². The van der Waals surface area contributed by atoms with Crippen molar-refractivity contribution in [3.63, 3.8) is 0 Å². The van der Waals surface area contributed by atoms with E-state index in [1.807, 2.05) is 0 Å². The topological polar surface area (TPSA) is 50.3 Å². The molecule has 4 nitrogen and oxygen atoms in total. The number of aromatic nitrogens is 1. The van der Waals surface area contributed by atoms with Crippen molar-refractivity contribution in [2.24, 2.45) is 0 Å². The van der Waals surface area contributed by atoms with Gasteiger partial charge in [0.1, 0.15) is 10.7 Å². The zero-order chi connectivity index (χ0) is 14.6. The predicted octanol–water partition coefficient (Wildman–Crippen LogP) is 2.78. The van der Waals surface area contributed by atoms with Gasteiger partial charge in [-0.05, 0) is 18.9 Å². The molecule has 0 N–H and O–H groups in total. The molecular formula is C13H18ClFN2O2S. The van der Waals surface area contributed by atoms with Gasteiger partial charge in [0.2, 0.25) is 10.0 Å². The van der Waals surface area contributed by atoms with Gasteiger partial charge < -0.3 is 0 Å². The third-order valence-corrected chi connectivity index (χ3v) is 5.66. The van der Waals surface area contributed by atoms with E-state index in [1.54, 1.807) is 0 Å². The van der Waals surface area contributed by atoms with Crippen molar-refractivity contribution >= 4 is 21.6 Å². The van der Waals surface area contributed by atoms with Crippen LogP contribution in [0.25, 0.3) is 0 Å². The summed E-state index contributed by atoms with van der Waals surface area (Å²) < 4.78 is 39.9. The Labute approximate surface area is 124 Å². The zero-order valence-corrected chi connectivity index (χ0v) is 12.7. The average molecular weight is 321 g/mol. The van der Waals surface area contributed by atoms with Crippen molar-refractivity contribution in [2.45, 2.75) is 43.0 Å². The zero-order valence-electron chi connectivity index (χ0n) is 11.1. The van der Waals surface area contributed by atoms with Crippen LogP contribution in [0.15, 0.2) is 23.4 Å². The molecule has 20 heavy (non-hydrogen) atoms. The number of alkyl halides is 1. The molecule has 0 unspecified atom stereocenters. The van der Waals surface area contributed by atoms with Gasteiger partial charge in [0, 0.05) is 24.7 Å². The maximum absolute atomic E-state index is 13.2. The third-order valence-electron chi connectivity index (χ3n) is 3.57. The summed E-state index contributed by atoms with van der Waals surface area (Å²) in [6.45, 7) is 0.241. The summed E-state index contributed by atoms with van der Waals surface area (Å²) >= 11 is 5.74. The van der Waals surface area contributed by atoms with Gasteiger partial charge in [0.05, 0.1) is 6.20 Å². The first-order chi connectivity index (χ1) is 9.55. The van der Waals surface area contributed by atoms with E-state index in [0.717, 1.165) is 44.4 Å². The van der Waals surface area contributed by atoms with Gasteiger partial charge in [-0.3, -0.25) is 4.98 Å². The molecule has 2 rings (SSSR count). The molecule has 0 saturated heterocycles. The molecule has 1 aliphatic rings. The summed E-state index contributed by atoms with van der Waals surface area (Å²) in [4.78, 5) is 3.52. The molecule has 0 bridgehead atoms. The Morgan fingerprint density at radius 2 is 2.00 bits per heavy atom. The van der Waals surface area contributed by atoms with E-state index in [2.05, 4.69) is 4.98 Å².